The quantitative estimate of drug-likeness (QED) is 0.759. The Morgan fingerprint density at radius 2 is 2.20 bits per heavy atom. The van der Waals surface area contributed by atoms with Gasteiger partial charge in [-0.25, -0.2) is 4.98 Å². The minimum absolute atomic E-state index is 0.359. The number of nitrogens with two attached hydrogens (primary N) is 1. The first kappa shape index (κ1) is 10.2. The van der Waals surface area contributed by atoms with Crippen molar-refractivity contribution in [3.63, 3.8) is 0 Å². The monoisotopic (exact) mass is 206 g/mol. The van der Waals surface area contributed by atoms with Gasteiger partial charge in [-0.1, -0.05) is 6.92 Å². The molecule has 2 atom stereocenters. The van der Waals surface area contributed by atoms with E-state index in [0.717, 1.165) is 18.3 Å². The fraction of sp³-hybridized carbons (Fsp3) is 0.636. The van der Waals surface area contributed by atoms with Gasteiger partial charge >= 0.3 is 0 Å². The van der Waals surface area contributed by atoms with Crippen LogP contribution in [-0.4, -0.2) is 22.6 Å². The van der Waals surface area contributed by atoms with E-state index in [-0.39, 0.29) is 0 Å². The van der Waals surface area contributed by atoms with E-state index in [4.69, 9.17) is 5.73 Å². The van der Waals surface area contributed by atoms with Gasteiger partial charge in [0.05, 0.1) is 0 Å². The summed E-state index contributed by atoms with van der Waals surface area (Å²) < 4.78 is 0. The lowest BCUT2D eigenvalue weighted by Crippen LogP contribution is -2.41. The van der Waals surface area contributed by atoms with Crippen molar-refractivity contribution in [1.82, 2.24) is 9.97 Å². The molecule has 0 aliphatic carbocycles. The Morgan fingerprint density at radius 1 is 1.40 bits per heavy atom. The molecule has 82 valence electrons. The number of aromatic nitrogens is 2. The molecular weight excluding hydrogens is 188 g/mol. The zero-order valence-electron chi connectivity index (χ0n) is 9.35. The van der Waals surface area contributed by atoms with Crippen LogP contribution in [0.25, 0.3) is 0 Å². The first-order valence-electron chi connectivity index (χ1n) is 5.52. The van der Waals surface area contributed by atoms with Gasteiger partial charge in [0.25, 0.3) is 0 Å². The van der Waals surface area contributed by atoms with Gasteiger partial charge in [0.2, 0.25) is 5.95 Å². The van der Waals surface area contributed by atoms with E-state index in [0.29, 0.717) is 12.0 Å². The smallest absolute Gasteiger partial charge is 0.221 e. The highest BCUT2D eigenvalue weighted by atomic mass is 15.2. The van der Waals surface area contributed by atoms with Crippen molar-refractivity contribution >= 4 is 11.8 Å². The highest BCUT2D eigenvalue weighted by Gasteiger charge is 2.23. The first-order valence-corrected chi connectivity index (χ1v) is 5.52. The maximum Gasteiger partial charge on any atom is 0.221 e. The van der Waals surface area contributed by atoms with Crippen molar-refractivity contribution in [3.8, 4) is 0 Å². The lowest BCUT2D eigenvalue weighted by molar-refractivity contribution is 0.388. The lowest BCUT2D eigenvalue weighted by Gasteiger charge is -2.37. The average Bonchev–Trinajstić information content (AvgIpc) is 2.22. The molecule has 1 aromatic rings. The standard InChI is InChI=1S/C11H18N4/c1-8-3-4-9(2)15(7-8)10-5-6-13-11(12)14-10/h5-6,8-9H,3-4,7H2,1-2H3,(H2,12,13,14). The molecule has 15 heavy (non-hydrogen) atoms. The van der Waals surface area contributed by atoms with Crippen LogP contribution in [0.3, 0.4) is 0 Å². The van der Waals surface area contributed by atoms with Gasteiger partial charge in [0.1, 0.15) is 5.82 Å². The van der Waals surface area contributed by atoms with Crippen LogP contribution in [0.2, 0.25) is 0 Å². The van der Waals surface area contributed by atoms with Gasteiger partial charge in [-0.2, -0.15) is 4.98 Å². The molecule has 1 aromatic heterocycles. The lowest BCUT2D eigenvalue weighted by atomic mass is 9.95. The van der Waals surface area contributed by atoms with Crippen molar-refractivity contribution in [2.75, 3.05) is 17.2 Å². The van der Waals surface area contributed by atoms with Crippen molar-refractivity contribution in [2.45, 2.75) is 32.7 Å². The fourth-order valence-electron chi connectivity index (χ4n) is 2.13. The average molecular weight is 206 g/mol. The molecule has 0 aromatic carbocycles. The predicted molar refractivity (Wildman–Crippen MR) is 61.7 cm³/mol. The Kier molecular flexibility index (Phi) is 2.75. The van der Waals surface area contributed by atoms with Crippen LogP contribution < -0.4 is 10.6 Å². The zero-order valence-corrected chi connectivity index (χ0v) is 9.35. The van der Waals surface area contributed by atoms with Gasteiger partial charge in [0.15, 0.2) is 0 Å². The molecule has 1 fully saturated rings. The van der Waals surface area contributed by atoms with E-state index in [1.54, 1.807) is 6.20 Å². The molecule has 2 unspecified atom stereocenters. The summed E-state index contributed by atoms with van der Waals surface area (Å²) >= 11 is 0. The fourth-order valence-corrected chi connectivity index (χ4v) is 2.13. The summed E-state index contributed by atoms with van der Waals surface area (Å²) in [7, 11) is 0. The van der Waals surface area contributed by atoms with E-state index >= 15 is 0 Å². The van der Waals surface area contributed by atoms with E-state index < -0.39 is 0 Å². The van der Waals surface area contributed by atoms with E-state index in [2.05, 4.69) is 28.7 Å². The number of piperidine rings is 1. The Balaban J connectivity index is 2.21. The zero-order chi connectivity index (χ0) is 10.8. The third-order valence-corrected chi connectivity index (χ3v) is 3.07. The van der Waals surface area contributed by atoms with Gasteiger partial charge in [-0.05, 0) is 31.7 Å². The SMILES string of the molecule is CC1CCC(C)N(c2ccnc(N)n2)C1. The second kappa shape index (κ2) is 4.04. The van der Waals surface area contributed by atoms with Gasteiger partial charge in [-0.3, -0.25) is 0 Å². The number of hydrogen-bond donors (Lipinski definition) is 1. The molecule has 2 rings (SSSR count). The molecule has 0 saturated carbocycles. The number of anilines is 2. The van der Waals surface area contributed by atoms with Gasteiger partial charge in [0, 0.05) is 18.8 Å². The molecule has 4 heteroatoms. The molecule has 0 bridgehead atoms. The third-order valence-electron chi connectivity index (χ3n) is 3.07. The molecule has 0 spiro atoms. The Labute approximate surface area is 90.5 Å². The van der Waals surface area contributed by atoms with Gasteiger partial charge < -0.3 is 10.6 Å². The summed E-state index contributed by atoms with van der Waals surface area (Å²) in [5.74, 6) is 2.05. The largest absolute Gasteiger partial charge is 0.368 e. The normalized spacial score (nSPS) is 26.7. The first-order chi connectivity index (χ1) is 7.16. The highest BCUT2D eigenvalue weighted by Crippen LogP contribution is 2.25. The predicted octanol–water partition coefficient (Wildman–Crippen LogP) is 1.68. The summed E-state index contributed by atoms with van der Waals surface area (Å²) in [6.07, 6.45) is 4.26. The van der Waals surface area contributed by atoms with Crippen LogP contribution in [0, 0.1) is 5.92 Å². The topological polar surface area (TPSA) is 55.0 Å². The molecule has 1 aliphatic heterocycles. The maximum atomic E-state index is 5.60. The van der Waals surface area contributed by atoms with E-state index in [1.165, 1.54) is 12.8 Å². The summed E-state index contributed by atoms with van der Waals surface area (Å²) in [6, 6.07) is 2.49. The van der Waals surface area contributed by atoms with Crippen molar-refractivity contribution in [3.05, 3.63) is 12.3 Å². The number of nitrogens with zero attached hydrogens (tertiary/aromatic N) is 3. The Bertz CT molecular complexity index is 339. The van der Waals surface area contributed by atoms with Crippen LogP contribution in [-0.2, 0) is 0 Å². The minimum Gasteiger partial charge on any atom is -0.368 e. The van der Waals surface area contributed by atoms with Crippen LogP contribution in [0.15, 0.2) is 12.3 Å². The molecule has 2 heterocycles. The summed E-state index contributed by atoms with van der Waals surface area (Å²) in [6.45, 7) is 5.59. The van der Waals surface area contributed by atoms with Crippen molar-refractivity contribution in [2.24, 2.45) is 5.92 Å². The van der Waals surface area contributed by atoms with Crippen LogP contribution in [0.5, 0.6) is 0 Å². The van der Waals surface area contributed by atoms with E-state index in [9.17, 15) is 0 Å². The molecule has 1 aliphatic rings. The summed E-state index contributed by atoms with van der Waals surface area (Å²) in [5.41, 5.74) is 5.60. The van der Waals surface area contributed by atoms with Crippen LogP contribution in [0.1, 0.15) is 26.7 Å². The number of nitrogen functional groups attached to an aromatic ring is 1. The number of hydrogen-bond acceptors (Lipinski definition) is 4. The molecular formula is C11H18N4. The Morgan fingerprint density at radius 3 is 2.93 bits per heavy atom. The van der Waals surface area contributed by atoms with E-state index in [1.807, 2.05) is 6.07 Å². The Hall–Kier alpha value is -1.32. The number of rotatable bonds is 1. The molecule has 0 amide bonds. The molecule has 0 radical (unpaired) electrons. The second-order valence-electron chi connectivity index (χ2n) is 4.46. The summed E-state index contributed by atoms with van der Waals surface area (Å²) in [4.78, 5) is 10.5. The highest BCUT2D eigenvalue weighted by molar-refractivity contribution is 5.42. The van der Waals surface area contributed by atoms with Crippen molar-refractivity contribution < 1.29 is 0 Å². The van der Waals surface area contributed by atoms with Crippen LogP contribution >= 0.6 is 0 Å². The second-order valence-corrected chi connectivity index (χ2v) is 4.46. The molecule has 4 nitrogen and oxygen atoms in total. The third kappa shape index (κ3) is 2.19. The van der Waals surface area contributed by atoms with Gasteiger partial charge in [-0.15, -0.1) is 0 Å². The molecule has 2 N–H and O–H groups in total. The maximum absolute atomic E-state index is 5.60. The van der Waals surface area contributed by atoms with Crippen molar-refractivity contribution in [1.29, 1.82) is 0 Å². The minimum atomic E-state index is 0.359. The molecule has 1 saturated heterocycles. The summed E-state index contributed by atoms with van der Waals surface area (Å²) in [5, 5.41) is 0. The van der Waals surface area contributed by atoms with Crippen LogP contribution in [0.4, 0.5) is 11.8 Å².